The molecule has 40 heavy (non-hydrogen) atoms. The number of benzene rings is 2. The second-order valence-corrected chi connectivity index (χ2v) is 12.7. The van der Waals surface area contributed by atoms with E-state index in [1.807, 2.05) is 26.8 Å². The largest absolute Gasteiger partial charge is 0.488 e. The number of methoxy groups -OCH3 is 1. The van der Waals surface area contributed by atoms with Gasteiger partial charge in [0.05, 0.1) is 13.7 Å². The van der Waals surface area contributed by atoms with Gasteiger partial charge in [0.2, 0.25) is 0 Å². The molecule has 1 aliphatic heterocycles. The lowest BCUT2D eigenvalue weighted by molar-refractivity contribution is -0.145. The lowest BCUT2D eigenvalue weighted by atomic mass is 9.70. The maximum Gasteiger partial charge on any atom is 0.411 e. The minimum atomic E-state index is -0.724. The van der Waals surface area contributed by atoms with Crippen LogP contribution in [0, 0.1) is 12.8 Å². The molecule has 7 heteroatoms. The van der Waals surface area contributed by atoms with Crippen molar-refractivity contribution in [3.05, 3.63) is 65.2 Å². The van der Waals surface area contributed by atoms with Crippen LogP contribution in [0.15, 0.2) is 48.5 Å². The molecule has 4 rings (SSSR count). The van der Waals surface area contributed by atoms with E-state index in [4.69, 9.17) is 14.2 Å². The van der Waals surface area contributed by atoms with E-state index < -0.39 is 23.7 Å². The summed E-state index contributed by atoms with van der Waals surface area (Å²) in [5.74, 6) is 0.935. The molecule has 2 fully saturated rings. The molecule has 0 bridgehead atoms. The highest BCUT2D eigenvalue weighted by atomic mass is 16.6. The fourth-order valence-corrected chi connectivity index (χ4v) is 6.40. The Labute approximate surface area is 239 Å². The van der Waals surface area contributed by atoms with Crippen LogP contribution in [0.4, 0.5) is 4.79 Å². The highest BCUT2D eigenvalue weighted by molar-refractivity contribution is 5.82. The van der Waals surface area contributed by atoms with Gasteiger partial charge in [-0.3, -0.25) is 9.80 Å². The van der Waals surface area contributed by atoms with Crippen molar-refractivity contribution in [1.82, 2.24) is 9.80 Å². The Hall–Kier alpha value is -3.06. The van der Waals surface area contributed by atoms with Gasteiger partial charge < -0.3 is 14.2 Å². The predicted octanol–water partition coefficient (Wildman–Crippen LogP) is 6.11. The molecule has 1 aliphatic carbocycles. The van der Waals surface area contributed by atoms with Gasteiger partial charge in [-0.05, 0) is 109 Å². The minimum Gasteiger partial charge on any atom is -0.488 e. The quantitative estimate of drug-likeness (QED) is 0.387. The lowest BCUT2D eigenvalue weighted by Gasteiger charge is -2.45. The van der Waals surface area contributed by atoms with Gasteiger partial charge in [0.25, 0.3) is 0 Å². The molecule has 2 aromatic rings. The fraction of sp³-hybridized carbons (Fsp3) is 0.576. The van der Waals surface area contributed by atoms with Gasteiger partial charge in [-0.2, -0.15) is 0 Å². The average Bonchev–Trinajstić information content (AvgIpc) is 3.32. The molecule has 2 aromatic carbocycles. The van der Waals surface area contributed by atoms with Crippen molar-refractivity contribution in [3.8, 4) is 5.75 Å². The Bertz CT molecular complexity index is 1170. The number of likely N-dealkylation sites (tertiary alicyclic amines) is 1. The Kier molecular flexibility index (Phi) is 9.13. The second-order valence-electron chi connectivity index (χ2n) is 12.7. The van der Waals surface area contributed by atoms with Gasteiger partial charge in [-0.1, -0.05) is 36.4 Å². The molecule has 0 radical (unpaired) electrons. The summed E-state index contributed by atoms with van der Waals surface area (Å²) in [7, 11) is 5.74. The van der Waals surface area contributed by atoms with Crippen LogP contribution < -0.4 is 4.74 Å². The smallest absolute Gasteiger partial charge is 0.411 e. The highest BCUT2D eigenvalue weighted by Gasteiger charge is 2.43. The van der Waals surface area contributed by atoms with Gasteiger partial charge in [0, 0.05) is 12.0 Å². The van der Waals surface area contributed by atoms with E-state index >= 15 is 0 Å². The Morgan fingerprint density at radius 1 is 1.05 bits per heavy atom. The molecule has 1 heterocycles. The molecule has 218 valence electrons. The standard InChI is InChI=1S/C33H46N2O5/c1-23-17-25(19-24-13-15-33(16-14-24,34(5)6)26-11-9-8-10-12-26)20-27(18-23)39-28-21-29(30(36)38-7)35(22-28)31(37)40-32(2,3)4/h8-12,17-18,20,24,28-29H,13-16,19,21-22H2,1-7H3/t24?,28-,29-,33?/m0/s1. The molecule has 1 saturated heterocycles. The van der Waals surface area contributed by atoms with Crippen LogP contribution in [-0.4, -0.2) is 67.4 Å². The summed E-state index contributed by atoms with van der Waals surface area (Å²) >= 11 is 0. The molecule has 2 aliphatic rings. The number of esters is 1. The van der Waals surface area contributed by atoms with Crippen LogP contribution in [0.2, 0.25) is 0 Å². The van der Waals surface area contributed by atoms with Crippen molar-refractivity contribution in [2.75, 3.05) is 27.7 Å². The van der Waals surface area contributed by atoms with E-state index in [1.165, 1.54) is 36.0 Å². The Morgan fingerprint density at radius 2 is 1.73 bits per heavy atom. The molecule has 2 atom stereocenters. The predicted molar refractivity (Wildman–Crippen MR) is 156 cm³/mol. The van der Waals surface area contributed by atoms with Crippen LogP contribution in [-0.2, 0) is 26.2 Å². The van der Waals surface area contributed by atoms with Crippen molar-refractivity contribution in [2.45, 2.75) is 89.5 Å². The number of aryl methyl sites for hydroxylation is 1. The molecule has 0 N–H and O–H groups in total. The monoisotopic (exact) mass is 550 g/mol. The van der Waals surface area contributed by atoms with Gasteiger partial charge in [0.15, 0.2) is 0 Å². The van der Waals surface area contributed by atoms with E-state index in [9.17, 15) is 9.59 Å². The first-order valence-electron chi connectivity index (χ1n) is 14.5. The van der Waals surface area contributed by atoms with Crippen molar-refractivity contribution < 1.29 is 23.8 Å². The van der Waals surface area contributed by atoms with Gasteiger partial charge in [-0.25, -0.2) is 9.59 Å². The number of hydrogen-bond acceptors (Lipinski definition) is 6. The molecule has 0 unspecified atom stereocenters. The first-order chi connectivity index (χ1) is 18.9. The summed E-state index contributed by atoms with van der Waals surface area (Å²) in [6.07, 6.45) is 5.15. The maximum atomic E-state index is 12.8. The van der Waals surface area contributed by atoms with Crippen LogP contribution in [0.3, 0.4) is 0 Å². The molecule has 0 spiro atoms. The zero-order valence-electron chi connectivity index (χ0n) is 25.2. The van der Waals surface area contributed by atoms with E-state index in [0.29, 0.717) is 12.3 Å². The number of rotatable bonds is 7. The zero-order chi connectivity index (χ0) is 29.1. The van der Waals surface area contributed by atoms with Crippen LogP contribution in [0.25, 0.3) is 0 Å². The maximum absolute atomic E-state index is 12.8. The first-order valence-corrected chi connectivity index (χ1v) is 14.5. The highest BCUT2D eigenvalue weighted by Crippen LogP contribution is 2.44. The molecular weight excluding hydrogens is 504 g/mol. The molecule has 1 amide bonds. The summed E-state index contributed by atoms with van der Waals surface area (Å²) < 4.78 is 16.9. The number of ether oxygens (including phenoxy) is 3. The summed E-state index contributed by atoms with van der Waals surface area (Å²) in [5.41, 5.74) is 3.25. The average molecular weight is 551 g/mol. The number of nitrogens with zero attached hydrogens (tertiary/aromatic N) is 2. The fourth-order valence-electron chi connectivity index (χ4n) is 6.40. The molecule has 1 saturated carbocycles. The zero-order valence-corrected chi connectivity index (χ0v) is 25.2. The second kappa shape index (κ2) is 12.2. The lowest BCUT2D eigenvalue weighted by Crippen LogP contribution is -2.44. The number of amides is 1. The van der Waals surface area contributed by atoms with Crippen molar-refractivity contribution >= 4 is 12.1 Å². The van der Waals surface area contributed by atoms with Crippen LogP contribution in [0.1, 0.15) is 69.6 Å². The topological polar surface area (TPSA) is 68.3 Å². The molecular formula is C33H46N2O5. The number of hydrogen-bond donors (Lipinski definition) is 0. The summed E-state index contributed by atoms with van der Waals surface area (Å²) in [4.78, 5) is 29.1. The van der Waals surface area contributed by atoms with E-state index in [2.05, 4.69) is 68.4 Å². The van der Waals surface area contributed by atoms with Crippen molar-refractivity contribution in [2.24, 2.45) is 5.92 Å². The van der Waals surface area contributed by atoms with Gasteiger partial charge >= 0.3 is 12.1 Å². The normalized spacial score (nSPS) is 25.1. The van der Waals surface area contributed by atoms with Crippen molar-refractivity contribution in [3.63, 3.8) is 0 Å². The minimum absolute atomic E-state index is 0.0945. The third-order valence-corrected chi connectivity index (χ3v) is 8.40. The van der Waals surface area contributed by atoms with E-state index in [-0.39, 0.29) is 18.2 Å². The van der Waals surface area contributed by atoms with E-state index in [0.717, 1.165) is 30.6 Å². The molecule has 7 nitrogen and oxygen atoms in total. The SMILES string of the molecule is COC(=O)[C@@H]1C[C@H](Oc2cc(C)cc(CC3CCC(c4ccccc4)(N(C)C)CC3)c2)CN1C(=O)OC(C)(C)C. The third-order valence-electron chi connectivity index (χ3n) is 8.40. The summed E-state index contributed by atoms with van der Waals surface area (Å²) in [6, 6.07) is 16.6. The van der Waals surface area contributed by atoms with Gasteiger partial charge in [0.1, 0.15) is 23.5 Å². The number of carbonyl (C=O) groups excluding carboxylic acids is 2. The van der Waals surface area contributed by atoms with Crippen molar-refractivity contribution in [1.29, 1.82) is 0 Å². The third kappa shape index (κ3) is 6.98. The molecule has 0 aromatic heterocycles. The summed E-state index contributed by atoms with van der Waals surface area (Å²) in [5, 5.41) is 0. The Morgan fingerprint density at radius 3 is 2.33 bits per heavy atom. The van der Waals surface area contributed by atoms with Crippen LogP contribution in [0.5, 0.6) is 5.75 Å². The first kappa shape index (κ1) is 29.9. The van der Waals surface area contributed by atoms with E-state index in [1.54, 1.807) is 0 Å². The van der Waals surface area contributed by atoms with Gasteiger partial charge in [-0.15, -0.1) is 0 Å². The number of carbonyl (C=O) groups is 2. The van der Waals surface area contributed by atoms with Crippen LogP contribution >= 0.6 is 0 Å². The summed E-state index contributed by atoms with van der Waals surface area (Å²) in [6.45, 7) is 7.79. The Balaban J connectivity index is 1.42.